The van der Waals surface area contributed by atoms with Gasteiger partial charge in [0.15, 0.2) is 0 Å². The number of benzene rings is 1. The van der Waals surface area contributed by atoms with E-state index in [4.69, 9.17) is 0 Å². The summed E-state index contributed by atoms with van der Waals surface area (Å²) in [6, 6.07) is 9.33. The monoisotopic (exact) mass is 205 g/mol. The molecule has 2 aromatic rings. The SMILES string of the molecule is CCNC(C)c1ccc2sccc2c1. The van der Waals surface area contributed by atoms with Crippen LogP contribution in [-0.4, -0.2) is 6.54 Å². The van der Waals surface area contributed by atoms with Crippen LogP contribution in [0.2, 0.25) is 0 Å². The highest BCUT2D eigenvalue weighted by atomic mass is 32.1. The molecule has 0 amide bonds. The third kappa shape index (κ3) is 1.81. The van der Waals surface area contributed by atoms with Crippen molar-refractivity contribution in [2.45, 2.75) is 19.9 Å². The molecule has 14 heavy (non-hydrogen) atoms. The van der Waals surface area contributed by atoms with Crippen LogP contribution in [0.15, 0.2) is 29.6 Å². The predicted molar refractivity (Wildman–Crippen MR) is 63.9 cm³/mol. The highest BCUT2D eigenvalue weighted by Crippen LogP contribution is 2.24. The van der Waals surface area contributed by atoms with E-state index < -0.39 is 0 Å². The van der Waals surface area contributed by atoms with E-state index in [9.17, 15) is 0 Å². The maximum absolute atomic E-state index is 3.42. The summed E-state index contributed by atoms with van der Waals surface area (Å²) in [5, 5.41) is 6.93. The van der Waals surface area contributed by atoms with E-state index in [0.29, 0.717) is 6.04 Å². The molecule has 2 rings (SSSR count). The minimum absolute atomic E-state index is 0.448. The second kappa shape index (κ2) is 4.11. The maximum Gasteiger partial charge on any atom is 0.0342 e. The van der Waals surface area contributed by atoms with Crippen LogP contribution in [0.1, 0.15) is 25.5 Å². The lowest BCUT2D eigenvalue weighted by Gasteiger charge is -2.12. The van der Waals surface area contributed by atoms with Gasteiger partial charge in [0.2, 0.25) is 0 Å². The van der Waals surface area contributed by atoms with Gasteiger partial charge in [-0.15, -0.1) is 11.3 Å². The van der Waals surface area contributed by atoms with E-state index in [-0.39, 0.29) is 0 Å². The topological polar surface area (TPSA) is 12.0 Å². The molecule has 2 heteroatoms. The molecule has 0 spiro atoms. The molecular formula is C12H15NS. The molecule has 74 valence electrons. The molecular weight excluding hydrogens is 190 g/mol. The Hall–Kier alpha value is -0.860. The molecule has 1 N–H and O–H groups in total. The Bertz CT molecular complexity index is 419. The Labute approximate surface area is 88.8 Å². The first-order valence-corrected chi connectivity index (χ1v) is 5.89. The van der Waals surface area contributed by atoms with Crippen LogP contribution < -0.4 is 5.32 Å². The first-order chi connectivity index (χ1) is 6.81. The molecule has 0 aliphatic rings. The lowest BCUT2D eigenvalue weighted by Crippen LogP contribution is -2.17. The molecule has 0 fully saturated rings. The quantitative estimate of drug-likeness (QED) is 0.807. The van der Waals surface area contributed by atoms with Crippen molar-refractivity contribution in [3.63, 3.8) is 0 Å². The summed E-state index contributed by atoms with van der Waals surface area (Å²) in [7, 11) is 0. The highest BCUT2D eigenvalue weighted by Gasteiger charge is 2.04. The van der Waals surface area contributed by atoms with Crippen LogP contribution in [0.3, 0.4) is 0 Å². The van der Waals surface area contributed by atoms with Gasteiger partial charge in [0.25, 0.3) is 0 Å². The summed E-state index contributed by atoms with van der Waals surface area (Å²) in [5.74, 6) is 0. The van der Waals surface area contributed by atoms with E-state index in [1.54, 1.807) is 11.3 Å². The van der Waals surface area contributed by atoms with E-state index in [2.05, 4.69) is 48.8 Å². The highest BCUT2D eigenvalue weighted by molar-refractivity contribution is 7.17. The number of hydrogen-bond donors (Lipinski definition) is 1. The van der Waals surface area contributed by atoms with Gasteiger partial charge in [-0.1, -0.05) is 13.0 Å². The summed E-state index contributed by atoms with van der Waals surface area (Å²) < 4.78 is 1.37. The molecule has 0 radical (unpaired) electrons. The van der Waals surface area contributed by atoms with Crippen molar-refractivity contribution in [2.75, 3.05) is 6.54 Å². The third-order valence-electron chi connectivity index (χ3n) is 2.49. The first-order valence-electron chi connectivity index (χ1n) is 5.02. The summed E-state index contributed by atoms with van der Waals surface area (Å²) in [6.45, 7) is 5.36. The number of thiophene rings is 1. The first kappa shape index (κ1) is 9.69. The Morgan fingerprint density at radius 2 is 2.21 bits per heavy atom. The van der Waals surface area contributed by atoms with Gasteiger partial charge in [0, 0.05) is 10.7 Å². The smallest absolute Gasteiger partial charge is 0.0342 e. The molecule has 1 aromatic heterocycles. The number of hydrogen-bond acceptors (Lipinski definition) is 2. The molecule has 0 saturated carbocycles. The van der Waals surface area contributed by atoms with Crippen molar-refractivity contribution in [1.29, 1.82) is 0 Å². The molecule has 0 bridgehead atoms. The summed E-state index contributed by atoms with van der Waals surface area (Å²) in [5.41, 5.74) is 1.37. The van der Waals surface area contributed by atoms with Gasteiger partial charge in [-0.25, -0.2) is 0 Å². The standard InChI is InChI=1S/C12H15NS/c1-3-13-9(2)10-4-5-12-11(8-10)6-7-14-12/h4-9,13H,3H2,1-2H3. The molecule has 0 aliphatic heterocycles. The Morgan fingerprint density at radius 1 is 1.36 bits per heavy atom. The molecule has 0 saturated heterocycles. The minimum atomic E-state index is 0.448. The van der Waals surface area contributed by atoms with E-state index >= 15 is 0 Å². The number of rotatable bonds is 3. The van der Waals surface area contributed by atoms with Crippen molar-refractivity contribution in [3.05, 3.63) is 35.2 Å². The molecule has 0 aliphatic carbocycles. The fourth-order valence-corrected chi connectivity index (χ4v) is 2.45. The normalized spacial score (nSPS) is 13.3. The van der Waals surface area contributed by atoms with Gasteiger partial charge < -0.3 is 5.32 Å². The van der Waals surface area contributed by atoms with Crippen LogP contribution in [-0.2, 0) is 0 Å². The lowest BCUT2D eigenvalue weighted by atomic mass is 10.1. The summed E-state index contributed by atoms with van der Waals surface area (Å²) in [4.78, 5) is 0. The zero-order chi connectivity index (χ0) is 9.97. The molecule has 1 nitrogen and oxygen atoms in total. The van der Waals surface area contributed by atoms with Crippen LogP contribution in [0, 0.1) is 0 Å². The van der Waals surface area contributed by atoms with E-state index in [1.807, 2.05) is 0 Å². The second-order valence-corrected chi connectivity index (χ2v) is 4.44. The van der Waals surface area contributed by atoms with Gasteiger partial charge in [0.1, 0.15) is 0 Å². The van der Waals surface area contributed by atoms with Crippen LogP contribution >= 0.6 is 11.3 Å². The Morgan fingerprint density at radius 3 is 3.00 bits per heavy atom. The van der Waals surface area contributed by atoms with Crippen LogP contribution in [0.25, 0.3) is 10.1 Å². The van der Waals surface area contributed by atoms with Gasteiger partial charge >= 0.3 is 0 Å². The van der Waals surface area contributed by atoms with Crippen molar-refractivity contribution in [2.24, 2.45) is 0 Å². The average Bonchev–Trinajstić information content (AvgIpc) is 2.64. The Balaban J connectivity index is 2.33. The van der Waals surface area contributed by atoms with Crippen molar-refractivity contribution < 1.29 is 0 Å². The van der Waals surface area contributed by atoms with Crippen LogP contribution in [0.5, 0.6) is 0 Å². The largest absolute Gasteiger partial charge is 0.310 e. The zero-order valence-electron chi connectivity index (χ0n) is 8.58. The van der Waals surface area contributed by atoms with Crippen molar-refractivity contribution in [3.8, 4) is 0 Å². The summed E-state index contributed by atoms with van der Waals surface area (Å²) >= 11 is 1.80. The van der Waals surface area contributed by atoms with Gasteiger partial charge in [-0.05, 0) is 48.0 Å². The predicted octanol–water partition coefficient (Wildman–Crippen LogP) is 3.57. The molecule has 1 aromatic carbocycles. The molecule has 1 atom stereocenters. The number of fused-ring (bicyclic) bond motifs is 1. The van der Waals surface area contributed by atoms with Crippen LogP contribution in [0.4, 0.5) is 0 Å². The average molecular weight is 205 g/mol. The van der Waals surface area contributed by atoms with E-state index in [0.717, 1.165) is 6.54 Å². The number of nitrogens with one attached hydrogen (secondary N) is 1. The Kier molecular flexibility index (Phi) is 2.85. The van der Waals surface area contributed by atoms with Gasteiger partial charge in [0.05, 0.1) is 0 Å². The third-order valence-corrected chi connectivity index (χ3v) is 3.38. The van der Waals surface area contributed by atoms with Gasteiger partial charge in [-0.3, -0.25) is 0 Å². The molecule has 1 unspecified atom stereocenters. The fourth-order valence-electron chi connectivity index (χ4n) is 1.68. The summed E-state index contributed by atoms with van der Waals surface area (Å²) in [6.07, 6.45) is 0. The van der Waals surface area contributed by atoms with Crippen molar-refractivity contribution >= 4 is 21.4 Å². The van der Waals surface area contributed by atoms with Crippen molar-refractivity contribution in [1.82, 2.24) is 5.32 Å². The zero-order valence-corrected chi connectivity index (χ0v) is 9.40. The molecule has 1 heterocycles. The van der Waals surface area contributed by atoms with Gasteiger partial charge in [-0.2, -0.15) is 0 Å². The maximum atomic E-state index is 3.42. The fraction of sp³-hybridized carbons (Fsp3) is 0.333. The van der Waals surface area contributed by atoms with E-state index in [1.165, 1.54) is 15.6 Å². The minimum Gasteiger partial charge on any atom is -0.310 e. The lowest BCUT2D eigenvalue weighted by molar-refractivity contribution is 0.599. The second-order valence-electron chi connectivity index (χ2n) is 3.50.